The lowest BCUT2D eigenvalue weighted by molar-refractivity contribution is -0.316. The summed E-state index contributed by atoms with van der Waals surface area (Å²) in [7, 11) is 0. The van der Waals surface area contributed by atoms with E-state index in [1.54, 1.807) is 0 Å². The van der Waals surface area contributed by atoms with Gasteiger partial charge in [0.1, 0.15) is 36.6 Å². The average molecular weight is 653 g/mol. The lowest BCUT2D eigenvalue weighted by Gasteiger charge is -2.48. The van der Waals surface area contributed by atoms with Crippen LogP contribution < -0.4 is 39.3 Å². The molecule has 20 heteroatoms. The zero-order valence-electron chi connectivity index (χ0n) is 24.6. The predicted molar refractivity (Wildman–Crippen MR) is 152 cm³/mol. The van der Waals surface area contributed by atoms with Crippen LogP contribution in [0.25, 0.3) is 0 Å². The van der Waals surface area contributed by atoms with Crippen molar-refractivity contribution in [2.24, 2.45) is 33.7 Å². The molecule has 4 rings (SSSR count). The highest BCUT2D eigenvalue weighted by Gasteiger charge is 2.61. The van der Waals surface area contributed by atoms with Crippen LogP contribution in [0.15, 0.2) is 4.99 Å². The number of carbonyl (C=O) groups is 1. The Labute approximate surface area is 258 Å². The molecule has 2 saturated carbocycles. The largest absolute Gasteiger partial charge is 0.395 e. The van der Waals surface area contributed by atoms with Crippen molar-refractivity contribution in [3.63, 3.8) is 0 Å². The van der Waals surface area contributed by atoms with Gasteiger partial charge in [-0.1, -0.05) is 0 Å². The molecule has 2 saturated heterocycles. The minimum Gasteiger partial charge on any atom is -0.395 e. The maximum absolute atomic E-state index is 13.1. The third-order valence-electron chi connectivity index (χ3n) is 8.68. The summed E-state index contributed by atoms with van der Waals surface area (Å²) in [6.45, 7) is -0.357. The van der Waals surface area contributed by atoms with Crippen LogP contribution in [-0.4, -0.2) is 171 Å². The molecular formula is C25H48N8O12. The van der Waals surface area contributed by atoms with Crippen molar-refractivity contribution in [1.29, 1.82) is 0 Å². The number of nitrogens with one attached hydrogen (secondary N) is 2. The summed E-state index contributed by atoms with van der Waals surface area (Å²) in [5.74, 6) is -1.19. The maximum atomic E-state index is 13.1. The highest BCUT2D eigenvalue weighted by molar-refractivity contribution is 5.90. The summed E-state index contributed by atoms with van der Waals surface area (Å²) in [5, 5.41) is 78.0. The number of rotatable bonds is 12. The molecule has 4 aliphatic rings. The molecule has 45 heavy (non-hydrogen) atoms. The molecule has 0 bridgehead atoms. The van der Waals surface area contributed by atoms with Crippen LogP contribution in [0.5, 0.6) is 0 Å². The van der Waals surface area contributed by atoms with Gasteiger partial charge < -0.3 is 94.0 Å². The van der Waals surface area contributed by atoms with Gasteiger partial charge in [-0.3, -0.25) is 4.79 Å². The van der Waals surface area contributed by atoms with E-state index in [-0.39, 0.29) is 44.9 Å². The number of hydrogen-bond donors (Lipinski definition) is 14. The number of aliphatic hydroxyl groups excluding tert-OH is 6. The summed E-state index contributed by atoms with van der Waals surface area (Å²) < 4.78 is 23.5. The molecule has 2 unspecified atom stereocenters. The number of nitrogens with two attached hydrogens (primary N) is 5. The molecule has 0 aromatic carbocycles. The first-order valence-corrected chi connectivity index (χ1v) is 14.9. The molecule has 4 fully saturated rings. The van der Waals surface area contributed by atoms with Crippen LogP contribution in [0.3, 0.4) is 0 Å². The molecule has 0 aromatic rings. The first-order valence-electron chi connectivity index (χ1n) is 14.9. The van der Waals surface area contributed by atoms with Crippen LogP contribution in [0, 0.1) is 0 Å². The molecule has 2 aliphatic heterocycles. The van der Waals surface area contributed by atoms with E-state index in [9.17, 15) is 35.4 Å². The van der Waals surface area contributed by atoms with E-state index in [4.69, 9.17) is 52.7 Å². The second kappa shape index (κ2) is 14.9. The van der Waals surface area contributed by atoms with Crippen molar-refractivity contribution in [2.45, 2.75) is 116 Å². The molecule has 19 N–H and O–H groups in total. The molecule has 0 radical (unpaired) electrons. The Balaban J connectivity index is 1.54. The molecule has 20 nitrogen and oxygen atoms in total. The highest BCUT2D eigenvalue weighted by atomic mass is 16.7. The Hall–Kier alpha value is -1.86. The van der Waals surface area contributed by atoms with Crippen LogP contribution in [0.4, 0.5) is 0 Å². The topological polar surface area (TPSA) is 362 Å². The second-order valence-corrected chi connectivity index (χ2v) is 12.1. The zero-order valence-corrected chi connectivity index (χ0v) is 24.6. The normalized spacial score (nSPS) is 46.8. The summed E-state index contributed by atoms with van der Waals surface area (Å²) in [6, 6.07) is -5.08. The molecule has 16 atom stereocenters. The van der Waals surface area contributed by atoms with Gasteiger partial charge in [0.05, 0.1) is 49.6 Å². The number of guanidine groups is 1. The first-order chi connectivity index (χ1) is 21.2. The lowest BCUT2D eigenvalue weighted by Crippen LogP contribution is -2.69. The number of ether oxygens (including phenoxy) is 4. The smallest absolute Gasteiger partial charge is 0.254 e. The quantitative estimate of drug-likeness (QED) is 0.0528. The fourth-order valence-electron chi connectivity index (χ4n) is 5.93. The Morgan fingerprint density at radius 2 is 1.58 bits per heavy atom. The fourth-order valence-corrected chi connectivity index (χ4v) is 5.93. The molecule has 0 aromatic heterocycles. The molecular weight excluding hydrogens is 604 g/mol. The highest BCUT2D eigenvalue weighted by Crippen LogP contribution is 2.40. The van der Waals surface area contributed by atoms with Gasteiger partial charge in [0.2, 0.25) is 0 Å². The van der Waals surface area contributed by atoms with Crippen molar-refractivity contribution in [3.8, 4) is 0 Å². The van der Waals surface area contributed by atoms with Gasteiger partial charge in [0, 0.05) is 25.6 Å². The van der Waals surface area contributed by atoms with Crippen molar-refractivity contribution in [2.75, 3.05) is 26.3 Å². The lowest BCUT2D eigenvalue weighted by atomic mass is 9.83. The van der Waals surface area contributed by atoms with E-state index in [0.29, 0.717) is 0 Å². The number of amides is 1. The first kappa shape index (κ1) is 36.0. The average Bonchev–Trinajstić information content (AvgIpc) is 3.64. The minimum atomic E-state index is -1.94. The molecule has 0 spiro atoms. The maximum Gasteiger partial charge on any atom is 0.254 e. The van der Waals surface area contributed by atoms with E-state index in [2.05, 4.69) is 15.6 Å². The molecule has 2 aliphatic carbocycles. The van der Waals surface area contributed by atoms with E-state index < -0.39 is 110 Å². The van der Waals surface area contributed by atoms with Crippen molar-refractivity contribution in [1.82, 2.24) is 10.6 Å². The van der Waals surface area contributed by atoms with Crippen LogP contribution >= 0.6 is 0 Å². The van der Waals surface area contributed by atoms with Gasteiger partial charge in [-0.25, -0.2) is 4.99 Å². The van der Waals surface area contributed by atoms with E-state index in [1.807, 2.05) is 0 Å². The van der Waals surface area contributed by atoms with E-state index >= 15 is 0 Å². The summed E-state index contributed by atoms with van der Waals surface area (Å²) >= 11 is 0. The van der Waals surface area contributed by atoms with Crippen molar-refractivity contribution < 1.29 is 59.5 Å². The number of aliphatic imine (C=N–C) groups is 1. The second-order valence-electron chi connectivity index (χ2n) is 12.1. The molecule has 2 heterocycles. The summed E-state index contributed by atoms with van der Waals surface area (Å²) in [6.07, 6.45) is -13.1. The predicted octanol–water partition coefficient (Wildman–Crippen LogP) is -8.74. The zero-order chi connectivity index (χ0) is 33.2. The van der Waals surface area contributed by atoms with E-state index in [0.717, 1.165) is 0 Å². The van der Waals surface area contributed by atoms with Gasteiger partial charge in [0.15, 0.2) is 24.1 Å². The van der Waals surface area contributed by atoms with E-state index in [1.165, 1.54) is 0 Å². The Morgan fingerprint density at radius 1 is 0.911 bits per heavy atom. The Kier molecular flexibility index (Phi) is 11.9. The third kappa shape index (κ3) is 8.00. The standard InChI is InChI=1S/C25H48N8O12/c26-8-3-10(32-23(40)25(41)5-14(25)33-24(29)30)20(45-22-17(38)15(28)16(37)13(7-35)43-22)18(39)19(8)44-21-9(27)4-11(36)12(42-21)6-31-1-2-34/h8-22,31,34-39,41H,1-7,26-28H2,(H,32,40)(H4,29,30,33)/t8-,9+,10+,11-,12+,13+,14?,15-,16+,17+,18-,19+,20-,21+,22+,25?/m0/s1. The molecule has 1 amide bonds. The number of nitrogens with zero attached hydrogens (tertiary/aromatic N) is 1. The van der Waals surface area contributed by atoms with Crippen LogP contribution in [0.2, 0.25) is 0 Å². The number of hydrogen-bond acceptors (Lipinski definition) is 17. The van der Waals surface area contributed by atoms with Gasteiger partial charge in [0.25, 0.3) is 5.91 Å². The minimum absolute atomic E-state index is 0.0677. The SMILES string of the molecule is NC(N)=NC1CC1(O)C(=O)N[C@@H]1C[C@H](N)[C@@H](O[C@H]2O[C@H](CNCCO)[C@@H](O)C[C@H]2N)[C@H](O)[C@H]1O[C@H]1O[C@H](CO)[C@@H](O)[C@H](N)[C@H]1O. The van der Waals surface area contributed by atoms with Crippen molar-refractivity contribution in [3.05, 3.63) is 0 Å². The van der Waals surface area contributed by atoms with Crippen LogP contribution in [0.1, 0.15) is 19.3 Å². The Bertz CT molecular complexity index is 1030. The monoisotopic (exact) mass is 652 g/mol. The molecule has 260 valence electrons. The van der Waals surface area contributed by atoms with Crippen molar-refractivity contribution >= 4 is 11.9 Å². The number of aliphatic hydroxyl groups is 7. The summed E-state index contributed by atoms with van der Waals surface area (Å²) in [4.78, 5) is 17.0. The summed E-state index contributed by atoms with van der Waals surface area (Å²) in [5.41, 5.74) is 27.4. The van der Waals surface area contributed by atoms with Gasteiger partial charge in [-0.2, -0.15) is 0 Å². The fraction of sp³-hybridized carbons (Fsp3) is 0.920. The third-order valence-corrected chi connectivity index (χ3v) is 8.68. The number of carbonyl (C=O) groups excluding carboxylic acids is 1. The Morgan fingerprint density at radius 3 is 2.22 bits per heavy atom. The van der Waals surface area contributed by atoms with Gasteiger partial charge >= 0.3 is 0 Å². The van der Waals surface area contributed by atoms with Gasteiger partial charge in [-0.15, -0.1) is 0 Å². The van der Waals surface area contributed by atoms with Crippen LogP contribution in [-0.2, 0) is 23.7 Å². The van der Waals surface area contributed by atoms with Gasteiger partial charge in [-0.05, 0) is 12.8 Å².